The van der Waals surface area contributed by atoms with Crippen molar-refractivity contribution in [1.29, 1.82) is 0 Å². The van der Waals surface area contributed by atoms with Crippen LogP contribution in [0.15, 0.2) is 0 Å². The van der Waals surface area contributed by atoms with E-state index in [1.54, 1.807) is 0 Å². The molecule has 0 aliphatic rings. The number of hydrogen-bond donors (Lipinski definition) is 0. The molecule has 0 aromatic heterocycles. The minimum absolute atomic E-state index is 1.36. The van der Waals surface area contributed by atoms with Gasteiger partial charge in [0.05, 0.1) is 0 Å². The van der Waals surface area contributed by atoms with E-state index in [0.717, 1.165) is 0 Å². The molecule has 0 bridgehead atoms. The highest BCUT2D eigenvalue weighted by atomic mass is 35.5. The lowest BCUT2D eigenvalue weighted by molar-refractivity contribution is 0.303. The van der Waals surface area contributed by atoms with Gasteiger partial charge in [-0.15, -0.1) is 0 Å². The summed E-state index contributed by atoms with van der Waals surface area (Å²) < 4.78 is 19.5. The molecule has 0 aliphatic carbocycles. The number of alkyl halides is 4. The largest absolute Gasteiger partial charge is 0.285 e. The summed E-state index contributed by atoms with van der Waals surface area (Å²) in [7, 11) is 0. The zero-order valence-corrected chi connectivity index (χ0v) is 9.06. The van der Waals surface area contributed by atoms with E-state index in [1.807, 2.05) is 0 Å². The molecule has 0 radical (unpaired) electrons. The van der Waals surface area contributed by atoms with E-state index >= 15 is 0 Å². The van der Waals surface area contributed by atoms with Gasteiger partial charge in [0.15, 0.2) is 6.67 Å². The Hall–Kier alpha value is 0.440. The van der Waals surface area contributed by atoms with Gasteiger partial charge in [-0.2, -0.15) is 0 Å². The molecule has 0 aromatic carbocycles. The van der Waals surface area contributed by atoms with Crippen LogP contribution in [0.25, 0.3) is 0 Å². The van der Waals surface area contributed by atoms with Gasteiger partial charge in [-0.3, -0.25) is 0 Å². The van der Waals surface area contributed by atoms with Crippen LogP contribution in [-0.4, -0.2) is 11.3 Å². The van der Waals surface area contributed by atoms with Crippen LogP contribution in [-0.2, 0) is 0 Å². The summed E-state index contributed by atoms with van der Waals surface area (Å²) in [6.45, 7) is 3.10. The highest BCUT2D eigenvalue weighted by Crippen LogP contribution is 2.21. The van der Waals surface area contributed by atoms with Gasteiger partial charge < -0.3 is 0 Å². The van der Waals surface area contributed by atoms with E-state index in [1.165, 1.54) is 25.7 Å². The maximum Gasteiger partial charge on any atom is 0.285 e. The molecule has 0 amide bonds. The minimum atomic E-state index is -2.68. The fourth-order valence-electron chi connectivity index (χ4n) is 0.500. The minimum Gasteiger partial charge on any atom is -0.245 e. The summed E-state index contributed by atoms with van der Waals surface area (Å²) in [4.78, 5) is 0. The van der Waals surface area contributed by atoms with Gasteiger partial charge in [-0.1, -0.05) is 62.7 Å². The van der Waals surface area contributed by atoms with Crippen LogP contribution >= 0.6 is 23.2 Å². The quantitative estimate of drug-likeness (QED) is 0.479. The molecule has 4 heteroatoms. The van der Waals surface area contributed by atoms with E-state index in [9.17, 15) is 8.78 Å². The van der Waals surface area contributed by atoms with Crippen molar-refractivity contribution in [3.8, 4) is 0 Å². The van der Waals surface area contributed by atoms with Crippen LogP contribution in [0, 0.1) is 0 Å². The van der Waals surface area contributed by atoms with E-state index < -0.39 is 11.3 Å². The maximum absolute atomic E-state index is 11.3. The van der Waals surface area contributed by atoms with Crippen molar-refractivity contribution in [2.75, 3.05) is 6.67 Å². The summed E-state index contributed by atoms with van der Waals surface area (Å²) >= 11 is 8.88. The van der Waals surface area contributed by atoms with Gasteiger partial charge in [0, 0.05) is 0 Å². The Kier molecular flexibility index (Phi) is 11.9. The lowest BCUT2D eigenvalue weighted by Gasteiger charge is -1.97. The Morgan fingerprint density at radius 3 is 1.42 bits per heavy atom. The fourth-order valence-corrected chi connectivity index (χ4v) is 0.500. The Morgan fingerprint density at radius 1 is 1.08 bits per heavy atom. The molecule has 0 atom stereocenters. The third kappa shape index (κ3) is 22.4. The molecule has 0 heterocycles. The van der Waals surface area contributed by atoms with Crippen molar-refractivity contribution in [3.63, 3.8) is 0 Å². The summed E-state index contributed by atoms with van der Waals surface area (Å²) in [5.74, 6) is 0. The van der Waals surface area contributed by atoms with Crippen LogP contribution in [0.4, 0.5) is 8.78 Å². The predicted octanol–water partition coefficient (Wildman–Crippen LogP) is 4.64. The van der Waals surface area contributed by atoms with Crippen LogP contribution in [0.5, 0.6) is 0 Å². The van der Waals surface area contributed by atoms with Gasteiger partial charge in [0.1, 0.15) is 0 Å². The zero-order chi connectivity index (χ0) is 10.0. The molecule has 0 spiro atoms. The third-order valence-corrected chi connectivity index (χ3v) is 1.31. The molecule has 0 N–H and O–H groups in total. The average molecular weight is 221 g/mol. The van der Waals surface area contributed by atoms with Gasteiger partial charge in [0.2, 0.25) is 0 Å². The van der Waals surface area contributed by atoms with E-state index in [2.05, 4.69) is 37.0 Å². The normalized spacial score (nSPS) is 10.5. The standard InChI is InChI=1S/C6H14.C2H2Cl2F2/c1-3-5-6-4-2;3-2(4,6)1-5/h3-6H2,1-2H3;1H2. The zero-order valence-electron chi connectivity index (χ0n) is 7.55. The first-order chi connectivity index (χ1) is 5.47. The lowest BCUT2D eigenvalue weighted by Crippen LogP contribution is -2.04. The second kappa shape index (κ2) is 9.53. The second-order valence-corrected chi connectivity index (χ2v) is 3.85. The SMILES string of the molecule is CCCCCC.FCC(F)(Cl)Cl. The Balaban J connectivity index is 0. The van der Waals surface area contributed by atoms with Crippen LogP contribution in [0.2, 0.25) is 0 Å². The highest BCUT2D eigenvalue weighted by molar-refractivity contribution is 6.47. The van der Waals surface area contributed by atoms with Gasteiger partial charge in [-0.25, -0.2) is 8.78 Å². The number of unbranched alkanes of at least 4 members (excludes halogenated alkanes) is 3. The molecule has 0 rings (SSSR count). The number of halogens is 4. The van der Waals surface area contributed by atoms with Gasteiger partial charge in [-0.05, 0) is 0 Å². The van der Waals surface area contributed by atoms with Crippen molar-refractivity contribution in [3.05, 3.63) is 0 Å². The lowest BCUT2D eigenvalue weighted by atomic mass is 10.2. The first-order valence-electron chi connectivity index (χ1n) is 4.10. The third-order valence-electron chi connectivity index (χ3n) is 1.11. The molecular weight excluding hydrogens is 205 g/mol. The molecule has 0 saturated carbocycles. The van der Waals surface area contributed by atoms with Crippen LogP contribution in [0.1, 0.15) is 39.5 Å². The second-order valence-electron chi connectivity index (χ2n) is 2.46. The first kappa shape index (κ1) is 14.9. The number of hydrogen-bond acceptors (Lipinski definition) is 0. The Morgan fingerprint density at radius 2 is 1.33 bits per heavy atom. The smallest absolute Gasteiger partial charge is 0.245 e. The molecule has 0 fully saturated rings. The van der Waals surface area contributed by atoms with Crippen molar-refractivity contribution in [2.24, 2.45) is 0 Å². The highest BCUT2D eigenvalue weighted by Gasteiger charge is 2.20. The molecule has 0 aromatic rings. The Labute approximate surface area is 83.2 Å². The molecule has 0 aliphatic heterocycles. The van der Waals surface area contributed by atoms with Crippen molar-refractivity contribution in [2.45, 2.75) is 44.1 Å². The molecule has 76 valence electrons. The fraction of sp³-hybridized carbons (Fsp3) is 1.00. The van der Waals surface area contributed by atoms with Crippen molar-refractivity contribution in [1.82, 2.24) is 0 Å². The predicted molar refractivity (Wildman–Crippen MR) is 51.3 cm³/mol. The molecule has 0 nitrogen and oxygen atoms in total. The van der Waals surface area contributed by atoms with Crippen LogP contribution in [0.3, 0.4) is 0 Å². The molecule has 0 saturated heterocycles. The summed E-state index contributed by atoms with van der Waals surface area (Å²) in [6.07, 6.45) is 5.54. The van der Waals surface area contributed by atoms with Crippen molar-refractivity contribution < 1.29 is 8.78 Å². The molecular formula is C8H16Cl2F2. The maximum atomic E-state index is 11.3. The van der Waals surface area contributed by atoms with Gasteiger partial charge in [0.25, 0.3) is 4.59 Å². The van der Waals surface area contributed by atoms with E-state index in [4.69, 9.17) is 0 Å². The summed E-state index contributed by atoms with van der Waals surface area (Å²) in [6, 6.07) is 0. The summed E-state index contributed by atoms with van der Waals surface area (Å²) in [5.41, 5.74) is 0. The molecule has 0 unspecified atom stereocenters. The first-order valence-corrected chi connectivity index (χ1v) is 4.86. The van der Waals surface area contributed by atoms with E-state index in [0.29, 0.717) is 0 Å². The van der Waals surface area contributed by atoms with Crippen LogP contribution < -0.4 is 0 Å². The molecule has 12 heavy (non-hydrogen) atoms. The van der Waals surface area contributed by atoms with Gasteiger partial charge >= 0.3 is 0 Å². The average Bonchev–Trinajstić information content (AvgIpc) is 2.01. The van der Waals surface area contributed by atoms with E-state index in [-0.39, 0.29) is 0 Å². The summed E-state index contributed by atoms with van der Waals surface area (Å²) in [5, 5.41) is 0. The Bertz CT molecular complexity index is 77.6. The topological polar surface area (TPSA) is 0 Å². The van der Waals surface area contributed by atoms with Crippen molar-refractivity contribution >= 4 is 23.2 Å². The monoisotopic (exact) mass is 220 g/mol. The number of rotatable bonds is 4.